The van der Waals surface area contributed by atoms with Crippen LogP contribution in [-0.2, 0) is 22.4 Å². The van der Waals surface area contributed by atoms with Gasteiger partial charge in [-0.1, -0.05) is 34.8 Å². The summed E-state index contributed by atoms with van der Waals surface area (Å²) in [6.45, 7) is 3.31. The third-order valence-corrected chi connectivity index (χ3v) is 6.33. The summed E-state index contributed by atoms with van der Waals surface area (Å²) in [7, 11) is 1.70. The van der Waals surface area contributed by atoms with Crippen molar-refractivity contribution in [1.82, 2.24) is 19.9 Å². The predicted molar refractivity (Wildman–Crippen MR) is 125 cm³/mol. The molecule has 9 heteroatoms. The first kappa shape index (κ1) is 21.9. The lowest BCUT2D eigenvalue weighted by atomic mass is 9.99. The summed E-state index contributed by atoms with van der Waals surface area (Å²) in [5, 5.41) is 3.85. The second kappa shape index (κ2) is 9.07. The van der Waals surface area contributed by atoms with Gasteiger partial charge in [0.2, 0.25) is 11.8 Å². The predicted octanol–water partition coefficient (Wildman–Crippen LogP) is 3.81. The van der Waals surface area contributed by atoms with Crippen LogP contribution in [-0.4, -0.2) is 45.3 Å². The van der Waals surface area contributed by atoms with Gasteiger partial charge in [0.1, 0.15) is 0 Å². The quantitative estimate of drug-likeness (QED) is 0.594. The van der Waals surface area contributed by atoms with Crippen LogP contribution in [0.1, 0.15) is 30.7 Å². The smallest absolute Gasteiger partial charge is 0.223 e. The van der Waals surface area contributed by atoms with Crippen molar-refractivity contribution in [2.75, 3.05) is 18.9 Å². The minimum atomic E-state index is -0.154. The number of nitrogens with one attached hydrogen (secondary N) is 1. The van der Waals surface area contributed by atoms with Crippen molar-refractivity contribution in [2.24, 2.45) is 0 Å². The van der Waals surface area contributed by atoms with Gasteiger partial charge in [0.25, 0.3) is 0 Å². The van der Waals surface area contributed by atoms with Crippen molar-refractivity contribution in [3.05, 3.63) is 46.2 Å². The molecule has 4 rings (SSSR count). The number of hydrogen-bond acceptors (Lipinski definition) is 6. The minimum Gasteiger partial charge on any atom is -0.335 e. The molecule has 2 aromatic heterocycles. The van der Waals surface area contributed by atoms with Crippen molar-refractivity contribution in [1.29, 1.82) is 0 Å². The molecule has 2 heterocycles. The van der Waals surface area contributed by atoms with E-state index < -0.39 is 0 Å². The number of thiazole rings is 1. The van der Waals surface area contributed by atoms with Gasteiger partial charge in [-0.15, -0.1) is 0 Å². The van der Waals surface area contributed by atoms with Crippen LogP contribution in [0.15, 0.2) is 24.4 Å². The number of amides is 2. The van der Waals surface area contributed by atoms with Crippen LogP contribution in [0.3, 0.4) is 0 Å². The Labute approximate surface area is 194 Å². The molecule has 7 nitrogen and oxygen atoms in total. The summed E-state index contributed by atoms with van der Waals surface area (Å²) in [5.74, 6) is 6.36. The molecule has 0 spiro atoms. The largest absolute Gasteiger partial charge is 0.335 e. The van der Waals surface area contributed by atoms with Crippen molar-refractivity contribution in [3.8, 4) is 33.8 Å². The normalized spacial score (nSPS) is 11.6. The number of nitrogens with zero attached hydrogens (tertiary/aromatic N) is 4. The molecule has 1 aliphatic carbocycles. The molecular weight excluding hydrogens is 446 g/mol. The molecule has 0 saturated carbocycles. The summed E-state index contributed by atoms with van der Waals surface area (Å²) < 4.78 is 0. The van der Waals surface area contributed by atoms with E-state index in [4.69, 9.17) is 16.6 Å². The van der Waals surface area contributed by atoms with Crippen LogP contribution in [0.2, 0.25) is 5.02 Å². The van der Waals surface area contributed by atoms with Crippen molar-refractivity contribution in [3.63, 3.8) is 0 Å². The van der Waals surface area contributed by atoms with E-state index in [0.29, 0.717) is 28.1 Å². The maximum absolute atomic E-state index is 11.4. The van der Waals surface area contributed by atoms with Gasteiger partial charge in [-0.05, 0) is 36.6 Å². The van der Waals surface area contributed by atoms with Crippen molar-refractivity contribution >= 4 is 39.9 Å². The molecule has 1 aliphatic rings. The highest BCUT2D eigenvalue weighted by Crippen LogP contribution is 2.39. The second-order valence-corrected chi connectivity index (χ2v) is 8.82. The molecule has 0 fully saturated rings. The maximum Gasteiger partial charge on any atom is 0.223 e. The number of carbonyl (C=O) groups is 2. The SMILES string of the molecule is CC(=O)Nc1nc2c(s1)-c1nc(-c3cc(C#CCN(C)C(C)=O)ccc3Cl)ncc1CC2. The molecule has 1 N–H and O–H groups in total. The van der Waals surface area contributed by atoms with Gasteiger partial charge in [0.15, 0.2) is 11.0 Å². The molecule has 32 heavy (non-hydrogen) atoms. The first-order chi connectivity index (χ1) is 15.3. The fraction of sp³-hybridized carbons (Fsp3) is 0.261. The van der Waals surface area contributed by atoms with E-state index in [0.717, 1.165) is 40.2 Å². The number of fused-ring (bicyclic) bond motifs is 3. The molecule has 1 aromatic carbocycles. The summed E-state index contributed by atoms with van der Waals surface area (Å²) in [6.07, 6.45) is 3.39. The van der Waals surface area contributed by atoms with E-state index in [2.05, 4.69) is 27.1 Å². The van der Waals surface area contributed by atoms with Crippen molar-refractivity contribution < 1.29 is 9.59 Å². The van der Waals surface area contributed by atoms with Crippen molar-refractivity contribution in [2.45, 2.75) is 26.7 Å². The zero-order chi connectivity index (χ0) is 22.8. The van der Waals surface area contributed by atoms with Crippen LogP contribution in [0.5, 0.6) is 0 Å². The number of halogens is 1. The monoisotopic (exact) mass is 465 g/mol. The number of aryl methyl sites for hydroxylation is 2. The lowest BCUT2D eigenvalue weighted by Crippen LogP contribution is -2.23. The van der Waals surface area contributed by atoms with Crippen LogP contribution in [0.4, 0.5) is 5.13 Å². The Morgan fingerprint density at radius 2 is 2.06 bits per heavy atom. The molecular formula is C23H20ClN5O2S. The number of carbonyl (C=O) groups excluding carboxylic acids is 2. The standard InChI is InChI=1S/C23H20ClN5O2S/c1-13(30)26-23-27-19-9-7-16-12-25-22(28-20(16)21(19)32-23)17-11-15(6-8-18(17)24)5-4-10-29(3)14(2)31/h6,8,11-12H,7,9-10H2,1-3H3,(H,26,27,30). The highest BCUT2D eigenvalue weighted by atomic mass is 35.5. The van der Waals surface area contributed by atoms with E-state index in [1.54, 1.807) is 13.1 Å². The molecule has 2 amide bonds. The maximum atomic E-state index is 11.4. The van der Waals surface area contributed by atoms with Crippen LogP contribution >= 0.6 is 22.9 Å². The summed E-state index contributed by atoms with van der Waals surface area (Å²) in [5.41, 5.74) is 4.23. The molecule has 0 atom stereocenters. The molecule has 0 saturated heterocycles. The highest BCUT2D eigenvalue weighted by Gasteiger charge is 2.24. The number of aromatic nitrogens is 3. The first-order valence-corrected chi connectivity index (χ1v) is 11.2. The number of hydrogen-bond donors (Lipinski definition) is 1. The lowest BCUT2D eigenvalue weighted by molar-refractivity contribution is -0.127. The highest BCUT2D eigenvalue weighted by molar-refractivity contribution is 7.19. The zero-order valence-corrected chi connectivity index (χ0v) is 19.4. The Balaban J connectivity index is 1.68. The van der Waals surface area contributed by atoms with Gasteiger partial charge < -0.3 is 10.2 Å². The van der Waals surface area contributed by atoms with Gasteiger partial charge in [-0.25, -0.2) is 15.0 Å². The van der Waals surface area contributed by atoms with Crippen LogP contribution in [0, 0.1) is 11.8 Å². The van der Waals surface area contributed by atoms with Gasteiger partial charge in [-0.2, -0.15) is 0 Å². The Morgan fingerprint density at radius 3 is 2.81 bits per heavy atom. The summed E-state index contributed by atoms with van der Waals surface area (Å²) in [4.78, 5) is 39.1. The van der Waals surface area contributed by atoms with Crippen LogP contribution in [0.25, 0.3) is 22.0 Å². The van der Waals surface area contributed by atoms with Gasteiger partial charge in [0.05, 0.1) is 27.8 Å². The van der Waals surface area contributed by atoms with Gasteiger partial charge in [-0.3, -0.25) is 9.59 Å². The van der Waals surface area contributed by atoms with E-state index in [9.17, 15) is 9.59 Å². The molecule has 0 unspecified atom stereocenters. The average molecular weight is 466 g/mol. The zero-order valence-electron chi connectivity index (χ0n) is 17.8. The molecule has 0 radical (unpaired) electrons. The van der Waals surface area contributed by atoms with E-state index in [1.807, 2.05) is 18.3 Å². The van der Waals surface area contributed by atoms with Crippen LogP contribution < -0.4 is 5.32 Å². The third kappa shape index (κ3) is 4.64. The average Bonchev–Trinajstić information content (AvgIpc) is 3.16. The van der Waals surface area contributed by atoms with E-state index in [1.165, 1.54) is 30.1 Å². The van der Waals surface area contributed by atoms with Gasteiger partial charge in [0, 0.05) is 38.2 Å². The first-order valence-electron chi connectivity index (χ1n) is 9.96. The van der Waals surface area contributed by atoms with E-state index in [-0.39, 0.29) is 11.8 Å². The minimum absolute atomic E-state index is 0.0392. The molecule has 3 aromatic rings. The Bertz CT molecular complexity index is 1290. The fourth-order valence-electron chi connectivity index (χ4n) is 3.23. The number of anilines is 1. The Hall–Kier alpha value is -3.28. The molecule has 0 bridgehead atoms. The second-order valence-electron chi connectivity index (χ2n) is 7.41. The molecule has 162 valence electrons. The summed E-state index contributed by atoms with van der Waals surface area (Å²) in [6, 6.07) is 5.45. The number of benzene rings is 1. The fourth-order valence-corrected chi connectivity index (χ4v) is 4.51. The lowest BCUT2D eigenvalue weighted by Gasteiger charge is -2.15. The molecule has 0 aliphatic heterocycles. The van der Waals surface area contributed by atoms with E-state index >= 15 is 0 Å². The Kier molecular flexibility index (Phi) is 6.21. The Morgan fingerprint density at radius 1 is 1.25 bits per heavy atom. The topological polar surface area (TPSA) is 88.1 Å². The summed E-state index contributed by atoms with van der Waals surface area (Å²) >= 11 is 7.88. The third-order valence-electron chi connectivity index (χ3n) is 4.98. The van der Waals surface area contributed by atoms with Gasteiger partial charge >= 0.3 is 0 Å². The number of rotatable bonds is 3.